The van der Waals surface area contributed by atoms with Crippen LogP contribution >= 0.6 is 0 Å². The second-order valence-electron chi connectivity index (χ2n) is 6.36. The third kappa shape index (κ3) is 5.51. The SMILES string of the molecule is CCCN(CCC)C(=O)CN(c1ccccc1C(C)C)S(C)(=O)=O. The monoisotopic (exact) mass is 354 g/mol. The van der Waals surface area contributed by atoms with Crippen LogP contribution in [-0.4, -0.2) is 45.1 Å². The smallest absolute Gasteiger partial charge is 0.243 e. The summed E-state index contributed by atoms with van der Waals surface area (Å²) in [7, 11) is -3.55. The van der Waals surface area contributed by atoms with Crippen LogP contribution in [0.1, 0.15) is 52.0 Å². The maximum atomic E-state index is 12.7. The van der Waals surface area contributed by atoms with Crippen molar-refractivity contribution in [1.29, 1.82) is 0 Å². The largest absolute Gasteiger partial charge is 0.341 e. The Balaban J connectivity index is 3.19. The van der Waals surface area contributed by atoms with Gasteiger partial charge in [0.25, 0.3) is 0 Å². The Morgan fingerprint density at radius 1 is 1.08 bits per heavy atom. The number of hydrogen-bond acceptors (Lipinski definition) is 3. The van der Waals surface area contributed by atoms with E-state index >= 15 is 0 Å². The molecule has 0 atom stereocenters. The zero-order chi connectivity index (χ0) is 18.3. The van der Waals surface area contributed by atoms with Gasteiger partial charge in [-0.15, -0.1) is 0 Å². The molecule has 1 amide bonds. The topological polar surface area (TPSA) is 57.7 Å². The number of sulfonamides is 1. The molecule has 136 valence electrons. The van der Waals surface area contributed by atoms with Gasteiger partial charge in [0.15, 0.2) is 0 Å². The molecule has 5 nitrogen and oxygen atoms in total. The van der Waals surface area contributed by atoms with E-state index in [9.17, 15) is 13.2 Å². The minimum atomic E-state index is -3.55. The van der Waals surface area contributed by atoms with E-state index in [4.69, 9.17) is 0 Å². The molecule has 24 heavy (non-hydrogen) atoms. The van der Waals surface area contributed by atoms with Gasteiger partial charge in [0.2, 0.25) is 15.9 Å². The van der Waals surface area contributed by atoms with E-state index in [1.165, 1.54) is 4.31 Å². The summed E-state index contributed by atoms with van der Waals surface area (Å²) in [6, 6.07) is 7.38. The van der Waals surface area contributed by atoms with Gasteiger partial charge in [-0.25, -0.2) is 8.42 Å². The van der Waals surface area contributed by atoms with Gasteiger partial charge in [0.05, 0.1) is 11.9 Å². The number of carbonyl (C=O) groups is 1. The fourth-order valence-corrected chi connectivity index (χ4v) is 3.58. The Morgan fingerprint density at radius 3 is 2.08 bits per heavy atom. The Morgan fingerprint density at radius 2 is 1.62 bits per heavy atom. The molecule has 1 rings (SSSR count). The summed E-state index contributed by atoms with van der Waals surface area (Å²) in [6.07, 6.45) is 2.86. The Hall–Kier alpha value is -1.56. The third-order valence-electron chi connectivity index (χ3n) is 3.85. The van der Waals surface area contributed by atoms with E-state index in [-0.39, 0.29) is 18.4 Å². The molecule has 0 heterocycles. The molecule has 0 radical (unpaired) electrons. The lowest BCUT2D eigenvalue weighted by atomic mass is 10.0. The molecule has 0 unspecified atom stereocenters. The average molecular weight is 355 g/mol. The molecule has 0 aromatic heterocycles. The predicted molar refractivity (Wildman–Crippen MR) is 99.9 cm³/mol. The van der Waals surface area contributed by atoms with Crippen molar-refractivity contribution >= 4 is 21.6 Å². The molecule has 6 heteroatoms. The van der Waals surface area contributed by atoms with Crippen molar-refractivity contribution < 1.29 is 13.2 Å². The summed E-state index contributed by atoms with van der Waals surface area (Å²) in [4.78, 5) is 14.4. The van der Waals surface area contributed by atoms with Crippen molar-refractivity contribution in [3.63, 3.8) is 0 Å². The van der Waals surface area contributed by atoms with Crippen molar-refractivity contribution in [3.05, 3.63) is 29.8 Å². The van der Waals surface area contributed by atoms with Gasteiger partial charge >= 0.3 is 0 Å². The van der Waals surface area contributed by atoms with Crippen molar-refractivity contribution in [2.24, 2.45) is 0 Å². The number of nitrogens with zero attached hydrogens (tertiary/aromatic N) is 2. The molecule has 0 fully saturated rings. The van der Waals surface area contributed by atoms with Crippen molar-refractivity contribution in [1.82, 2.24) is 4.90 Å². The fourth-order valence-electron chi connectivity index (χ4n) is 2.71. The third-order valence-corrected chi connectivity index (χ3v) is 4.97. The van der Waals surface area contributed by atoms with E-state index in [0.717, 1.165) is 24.7 Å². The Kier molecular flexibility index (Phi) is 7.73. The lowest BCUT2D eigenvalue weighted by Crippen LogP contribution is -2.43. The summed E-state index contributed by atoms with van der Waals surface area (Å²) in [5.41, 5.74) is 1.52. The van der Waals surface area contributed by atoms with Crippen LogP contribution in [0.4, 0.5) is 5.69 Å². The number of rotatable bonds is 9. The second kappa shape index (κ2) is 9.06. The van der Waals surface area contributed by atoms with Gasteiger partial charge in [0, 0.05) is 13.1 Å². The summed E-state index contributed by atoms with van der Waals surface area (Å²) < 4.78 is 25.9. The molecule has 0 aliphatic rings. The highest BCUT2D eigenvalue weighted by Gasteiger charge is 2.25. The standard InChI is InChI=1S/C18H30N2O3S/c1-6-12-19(13-7-2)18(21)14-20(24(5,22)23)17-11-9-8-10-16(17)15(3)4/h8-11,15H,6-7,12-14H2,1-5H3. The molecule has 0 saturated heterocycles. The second-order valence-corrected chi connectivity index (χ2v) is 8.27. The number of anilines is 1. The van der Waals surface area contributed by atoms with E-state index in [2.05, 4.69) is 0 Å². The molecule has 0 spiro atoms. The van der Waals surface area contributed by atoms with E-state index in [1.54, 1.807) is 17.0 Å². The summed E-state index contributed by atoms with van der Waals surface area (Å²) in [5, 5.41) is 0. The van der Waals surface area contributed by atoms with Crippen LogP contribution in [0.3, 0.4) is 0 Å². The fraction of sp³-hybridized carbons (Fsp3) is 0.611. The minimum Gasteiger partial charge on any atom is -0.341 e. The molecule has 0 bridgehead atoms. The van der Waals surface area contributed by atoms with Crippen LogP contribution in [0.5, 0.6) is 0 Å². The number of carbonyl (C=O) groups excluding carboxylic acids is 1. The molecular formula is C18H30N2O3S. The van der Waals surface area contributed by atoms with E-state index in [0.29, 0.717) is 18.8 Å². The average Bonchev–Trinajstić information content (AvgIpc) is 2.51. The Labute approximate surface area is 146 Å². The summed E-state index contributed by atoms with van der Waals surface area (Å²) >= 11 is 0. The van der Waals surface area contributed by atoms with Crippen LogP contribution in [0.25, 0.3) is 0 Å². The van der Waals surface area contributed by atoms with E-state index in [1.807, 2.05) is 39.8 Å². The van der Waals surface area contributed by atoms with Gasteiger partial charge in [-0.2, -0.15) is 0 Å². The first kappa shape index (κ1) is 20.5. The van der Waals surface area contributed by atoms with Crippen molar-refractivity contribution in [2.45, 2.75) is 46.5 Å². The molecule has 1 aromatic carbocycles. The Bertz CT molecular complexity index is 635. The summed E-state index contributed by atoms with van der Waals surface area (Å²) in [5.74, 6) is 0.0191. The van der Waals surface area contributed by atoms with Crippen LogP contribution in [0.15, 0.2) is 24.3 Å². The zero-order valence-electron chi connectivity index (χ0n) is 15.4. The van der Waals surface area contributed by atoms with Gasteiger partial charge in [-0.3, -0.25) is 9.10 Å². The van der Waals surface area contributed by atoms with Crippen molar-refractivity contribution in [3.8, 4) is 0 Å². The molecule has 0 saturated carbocycles. The molecular weight excluding hydrogens is 324 g/mol. The number of hydrogen-bond donors (Lipinski definition) is 0. The maximum absolute atomic E-state index is 12.7. The van der Waals surface area contributed by atoms with Crippen molar-refractivity contribution in [2.75, 3.05) is 30.2 Å². The van der Waals surface area contributed by atoms with Crippen LogP contribution in [-0.2, 0) is 14.8 Å². The first-order valence-corrected chi connectivity index (χ1v) is 10.4. The molecule has 0 aliphatic carbocycles. The highest BCUT2D eigenvalue weighted by atomic mass is 32.2. The van der Waals surface area contributed by atoms with Gasteiger partial charge in [-0.1, -0.05) is 45.9 Å². The van der Waals surface area contributed by atoms with Crippen LogP contribution in [0.2, 0.25) is 0 Å². The first-order valence-electron chi connectivity index (χ1n) is 8.56. The van der Waals surface area contributed by atoms with Gasteiger partial charge in [0.1, 0.15) is 6.54 Å². The highest BCUT2D eigenvalue weighted by Crippen LogP contribution is 2.29. The molecule has 0 aliphatic heterocycles. The zero-order valence-corrected chi connectivity index (χ0v) is 16.3. The maximum Gasteiger partial charge on any atom is 0.243 e. The van der Waals surface area contributed by atoms with Crippen LogP contribution < -0.4 is 4.31 Å². The normalized spacial score (nSPS) is 11.6. The lowest BCUT2D eigenvalue weighted by molar-refractivity contribution is -0.129. The van der Waals surface area contributed by atoms with E-state index < -0.39 is 10.0 Å². The minimum absolute atomic E-state index is 0.150. The number of amides is 1. The van der Waals surface area contributed by atoms with Gasteiger partial charge in [-0.05, 0) is 30.4 Å². The molecule has 1 aromatic rings. The van der Waals surface area contributed by atoms with Gasteiger partial charge < -0.3 is 4.90 Å². The highest BCUT2D eigenvalue weighted by molar-refractivity contribution is 7.92. The number of benzene rings is 1. The lowest BCUT2D eigenvalue weighted by Gasteiger charge is -2.29. The summed E-state index contributed by atoms with van der Waals surface area (Å²) in [6.45, 7) is 9.20. The quantitative estimate of drug-likeness (QED) is 0.684. The number of para-hydroxylation sites is 1. The predicted octanol–water partition coefficient (Wildman–Crippen LogP) is 3.22. The van der Waals surface area contributed by atoms with Crippen LogP contribution in [0, 0.1) is 0 Å². The molecule has 0 N–H and O–H groups in total. The first-order chi connectivity index (χ1) is 11.2.